The highest BCUT2D eigenvalue weighted by Crippen LogP contribution is 2.33. The number of pyridine rings is 1. The van der Waals surface area contributed by atoms with Crippen molar-refractivity contribution >= 4 is 34.8 Å². The molecule has 112 valence electrons. The number of rotatable bonds is 5. The predicted molar refractivity (Wildman–Crippen MR) is 82.1 cm³/mol. The maximum absolute atomic E-state index is 9.44. The van der Waals surface area contributed by atoms with E-state index >= 15 is 0 Å². The zero-order valence-electron chi connectivity index (χ0n) is 11.4. The summed E-state index contributed by atoms with van der Waals surface area (Å²) in [4.78, 5) is 6.49. The van der Waals surface area contributed by atoms with Crippen molar-refractivity contribution in [2.45, 2.75) is 19.4 Å². The van der Waals surface area contributed by atoms with Crippen molar-refractivity contribution in [2.24, 2.45) is 0 Å². The van der Waals surface area contributed by atoms with Crippen LogP contribution in [0.3, 0.4) is 0 Å². The molecular weight excluding hydrogens is 301 g/mol. The molecule has 2 rings (SSSR count). The van der Waals surface area contributed by atoms with E-state index in [1.165, 1.54) is 0 Å². The van der Waals surface area contributed by atoms with Gasteiger partial charge in [0.15, 0.2) is 0 Å². The van der Waals surface area contributed by atoms with Crippen LogP contribution in [-0.2, 0) is 4.74 Å². The molecule has 0 aromatic carbocycles. The molecule has 0 saturated carbocycles. The number of hydrogen-bond donors (Lipinski definition) is 2. The first-order chi connectivity index (χ1) is 9.67. The lowest BCUT2D eigenvalue weighted by molar-refractivity contribution is 0.0723. The Morgan fingerprint density at radius 1 is 1.50 bits per heavy atom. The molecule has 7 heteroatoms. The summed E-state index contributed by atoms with van der Waals surface area (Å²) in [5.74, 6) is 1.26. The summed E-state index contributed by atoms with van der Waals surface area (Å²) < 4.78 is 5.37. The van der Waals surface area contributed by atoms with Crippen molar-refractivity contribution in [2.75, 3.05) is 43.1 Å². The molecule has 1 fully saturated rings. The van der Waals surface area contributed by atoms with E-state index in [2.05, 4.69) is 17.2 Å². The SMILES string of the molecule is CCCNc1nc(N2CCOCC2CO)c(Cl)cc1Cl. The summed E-state index contributed by atoms with van der Waals surface area (Å²) in [7, 11) is 0. The number of aliphatic hydroxyl groups excluding tert-OH is 1. The van der Waals surface area contributed by atoms with Crippen LogP contribution in [0.2, 0.25) is 10.0 Å². The molecule has 0 spiro atoms. The summed E-state index contributed by atoms with van der Waals surface area (Å²) in [5.41, 5.74) is 0. The standard InChI is InChI=1S/C13H19Cl2N3O2/c1-2-3-16-12-10(14)6-11(15)13(17-12)18-4-5-20-8-9(18)7-19/h6,9,19H,2-5,7-8H2,1H3,(H,16,17). The highest BCUT2D eigenvalue weighted by atomic mass is 35.5. The first kappa shape index (κ1) is 15.6. The van der Waals surface area contributed by atoms with E-state index < -0.39 is 0 Å². The fourth-order valence-electron chi connectivity index (χ4n) is 2.11. The third kappa shape index (κ3) is 3.47. The van der Waals surface area contributed by atoms with Crippen molar-refractivity contribution in [3.8, 4) is 0 Å². The van der Waals surface area contributed by atoms with Gasteiger partial charge in [-0.1, -0.05) is 30.1 Å². The average molecular weight is 320 g/mol. The highest BCUT2D eigenvalue weighted by molar-refractivity contribution is 6.37. The van der Waals surface area contributed by atoms with E-state index in [0.717, 1.165) is 13.0 Å². The Balaban J connectivity index is 2.29. The molecule has 2 N–H and O–H groups in total. The van der Waals surface area contributed by atoms with Crippen molar-refractivity contribution in [1.29, 1.82) is 0 Å². The normalized spacial score (nSPS) is 19.2. The van der Waals surface area contributed by atoms with Crippen LogP contribution in [0.4, 0.5) is 11.6 Å². The van der Waals surface area contributed by atoms with Crippen molar-refractivity contribution in [3.05, 3.63) is 16.1 Å². The van der Waals surface area contributed by atoms with Crippen LogP contribution >= 0.6 is 23.2 Å². The number of ether oxygens (including phenoxy) is 1. The first-order valence-electron chi connectivity index (χ1n) is 6.72. The minimum atomic E-state index is -0.131. The zero-order chi connectivity index (χ0) is 14.5. The number of aliphatic hydroxyl groups is 1. The molecule has 0 bridgehead atoms. The Morgan fingerprint density at radius 2 is 2.30 bits per heavy atom. The summed E-state index contributed by atoms with van der Waals surface area (Å²) in [6.07, 6.45) is 0.979. The number of morpholine rings is 1. The Bertz CT molecular complexity index is 459. The minimum Gasteiger partial charge on any atom is -0.394 e. The lowest BCUT2D eigenvalue weighted by Gasteiger charge is -2.36. The number of hydrogen-bond acceptors (Lipinski definition) is 5. The molecule has 1 saturated heterocycles. The summed E-state index contributed by atoms with van der Waals surface area (Å²) in [6, 6.07) is 1.56. The lowest BCUT2D eigenvalue weighted by atomic mass is 10.2. The lowest BCUT2D eigenvalue weighted by Crippen LogP contribution is -2.48. The van der Waals surface area contributed by atoms with Gasteiger partial charge in [0.2, 0.25) is 0 Å². The Morgan fingerprint density at radius 3 is 3.00 bits per heavy atom. The van der Waals surface area contributed by atoms with Gasteiger partial charge in [0.1, 0.15) is 11.6 Å². The van der Waals surface area contributed by atoms with Crippen LogP contribution < -0.4 is 10.2 Å². The van der Waals surface area contributed by atoms with Crippen molar-refractivity contribution in [3.63, 3.8) is 0 Å². The quantitative estimate of drug-likeness (QED) is 0.872. The highest BCUT2D eigenvalue weighted by Gasteiger charge is 2.26. The Kier molecular flexibility index (Phi) is 5.72. The second-order valence-corrected chi connectivity index (χ2v) is 5.47. The van der Waals surface area contributed by atoms with E-state index in [0.29, 0.717) is 41.4 Å². The molecular formula is C13H19Cl2N3O2. The Hall–Kier alpha value is -0.750. The van der Waals surface area contributed by atoms with Crippen LogP contribution in [0.15, 0.2) is 6.07 Å². The van der Waals surface area contributed by atoms with Gasteiger partial charge >= 0.3 is 0 Å². The van der Waals surface area contributed by atoms with Gasteiger partial charge in [-0.2, -0.15) is 0 Å². The molecule has 5 nitrogen and oxygen atoms in total. The molecule has 1 atom stereocenters. The van der Waals surface area contributed by atoms with Gasteiger partial charge in [-0.25, -0.2) is 4.98 Å². The zero-order valence-corrected chi connectivity index (χ0v) is 12.9. The van der Waals surface area contributed by atoms with Crippen LogP contribution in [0, 0.1) is 0 Å². The summed E-state index contributed by atoms with van der Waals surface area (Å²) in [6.45, 7) is 4.57. The maximum Gasteiger partial charge on any atom is 0.150 e. The monoisotopic (exact) mass is 319 g/mol. The third-order valence-corrected chi connectivity index (χ3v) is 3.73. The number of halogens is 2. The maximum atomic E-state index is 9.44. The van der Waals surface area contributed by atoms with Crippen LogP contribution in [0.1, 0.15) is 13.3 Å². The van der Waals surface area contributed by atoms with Gasteiger partial charge in [0, 0.05) is 13.1 Å². The molecule has 1 unspecified atom stereocenters. The van der Waals surface area contributed by atoms with E-state index in [-0.39, 0.29) is 12.6 Å². The molecule has 1 aromatic heterocycles. The molecule has 2 heterocycles. The number of nitrogens with one attached hydrogen (secondary N) is 1. The van der Waals surface area contributed by atoms with Crippen LogP contribution in [0.25, 0.3) is 0 Å². The van der Waals surface area contributed by atoms with Gasteiger partial charge < -0.3 is 20.1 Å². The van der Waals surface area contributed by atoms with E-state index in [1.54, 1.807) is 6.07 Å². The fourth-order valence-corrected chi connectivity index (χ4v) is 2.64. The van der Waals surface area contributed by atoms with Gasteiger partial charge in [-0.05, 0) is 12.5 Å². The van der Waals surface area contributed by atoms with Crippen molar-refractivity contribution < 1.29 is 9.84 Å². The van der Waals surface area contributed by atoms with E-state index in [4.69, 9.17) is 27.9 Å². The second kappa shape index (κ2) is 7.31. The van der Waals surface area contributed by atoms with E-state index in [1.807, 2.05) is 4.90 Å². The topological polar surface area (TPSA) is 57.6 Å². The van der Waals surface area contributed by atoms with Gasteiger partial charge in [0.25, 0.3) is 0 Å². The molecule has 0 amide bonds. The van der Waals surface area contributed by atoms with Gasteiger partial charge in [0.05, 0.1) is 35.9 Å². The molecule has 0 radical (unpaired) electrons. The van der Waals surface area contributed by atoms with Crippen LogP contribution in [-0.4, -0.2) is 49.0 Å². The van der Waals surface area contributed by atoms with Gasteiger partial charge in [-0.15, -0.1) is 0 Å². The molecule has 1 aliphatic heterocycles. The van der Waals surface area contributed by atoms with Gasteiger partial charge in [-0.3, -0.25) is 0 Å². The molecule has 1 aromatic rings. The predicted octanol–water partition coefficient (Wildman–Crippen LogP) is 2.41. The van der Waals surface area contributed by atoms with Crippen molar-refractivity contribution in [1.82, 2.24) is 4.98 Å². The average Bonchev–Trinajstić information content (AvgIpc) is 2.46. The number of anilines is 2. The number of nitrogens with zero attached hydrogens (tertiary/aromatic N) is 2. The first-order valence-corrected chi connectivity index (χ1v) is 7.48. The summed E-state index contributed by atoms with van der Waals surface area (Å²) in [5, 5.41) is 13.6. The smallest absolute Gasteiger partial charge is 0.150 e. The van der Waals surface area contributed by atoms with E-state index in [9.17, 15) is 5.11 Å². The molecule has 0 aliphatic carbocycles. The fraction of sp³-hybridized carbons (Fsp3) is 0.615. The number of aromatic nitrogens is 1. The van der Waals surface area contributed by atoms with Crippen LogP contribution in [0.5, 0.6) is 0 Å². The molecule has 20 heavy (non-hydrogen) atoms. The largest absolute Gasteiger partial charge is 0.394 e. The molecule has 1 aliphatic rings. The summed E-state index contributed by atoms with van der Waals surface area (Å²) >= 11 is 12.4. The second-order valence-electron chi connectivity index (χ2n) is 4.66. The Labute approximate surface area is 128 Å². The third-order valence-electron chi connectivity index (χ3n) is 3.16. The minimum absolute atomic E-state index is 0.00163.